The van der Waals surface area contributed by atoms with Crippen LogP contribution in [0.25, 0.3) is 0 Å². The number of ether oxygens (including phenoxy) is 1. The largest absolute Gasteiger partial charge is 0.380 e. The first-order valence-electron chi connectivity index (χ1n) is 6.98. The number of methoxy groups -OCH3 is 1. The smallest absolute Gasteiger partial charge is 0.269 e. The first-order valence-corrected chi connectivity index (χ1v) is 6.98. The summed E-state index contributed by atoms with van der Waals surface area (Å²) in [4.78, 5) is 14.4. The Morgan fingerprint density at radius 2 is 2.17 bits per heavy atom. The maximum absolute atomic E-state index is 10.6. The summed E-state index contributed by atoms with van der Waals surface area (Å²) in [6, 6.07) is 9.82. The van der Waals surface area contributed by atoms with Gasteiger partial charge in [0.25, 0.3) is 5.69 Å². The number of aromatic nitrogens is 1. The standard InChI is InChI=1S/C16H15N5O3/c1-11-7-13(10-24-2)15(8-17)16(19-11)20-18-9-12-3-5-14(6-4-12)21(22)23/h3-7,9H,10H2,1-2H3,(H,19,20). The molecule has 1 N–H and O–H groups in total. The van der Waals surface area contributed by atoms with E-state index in [1.165, 1.54) is 18.3 Å². The predicted octanol–water partition coefficient (Wildman–Crippen LogP) is 2.76. The Balaban J connectivity index is 2.19. The molecule has 122 valence electrons. The minimum atomic E-state index is -0.466. The summed E-state index contributed by atoms with van der Waals surface area (Å²) in [5.41, 5.74) is 5.24. The number of hydrogen-bond acceptors (Lipinski definition) is 7. The van der Waals surface area contributed by atoms with Gasteiger partial charge in [-0.25, -0.2) is 4.98 Å². The number of anilines is 1. The van der Waals surface area contributed by atoms with E-state index in [9.17, 15) is 15.4 Å². The molecule has 0 spiro atoms. The zero-order chi connectivity index (χ0) is 17.5. The topological polar surface area (TPSA) is 113 Å². The van der Waals surface area contributed by atoms with Crippen LogP contribution >= 0.6 is 0 Å². The SMILES string of the molecule is COCc1cc(C)nc(NN=Cc2ccc([N+](=O)[O-])cc2)c1C#N. The molecule has 2 rings (SSSR count). The fourth-order valence-electron chi connectivity index (χ4n) is 2.07. The van der Waals surface area contributed by atoms with E-state index in [1.807, 2.05) is 6.92 Å². The van der Waals surface area contributed by atoms with Gasteiger partial charge in [0.1, 0.15) is 11.6 Å². The number of nitro groups is 1. The fraction of sp³-hybridized carbons (Fsp3) is 0.188. The highest BCUT2D eigenvalue weighted by molar-refractivity contribution is 5.80. The second kappa shape index (κ2) is 7.80. The van der Waals surface area contributed by atoms with Crippen molar-refractivity contribution in [3.05, 3.63) is 62.8 Å². The molecule has 8 heteroatoms. The quantitative estimate of drug-likeness (QED) is 0.496. The van der Waals surface area contributed by atoms with Gasteiger partial charge >= 0.3 is 0 Å². The van der Waals surface area contributed by atoms with E-state index in [-0.39, 0.29) is 5.69 Å². The van der Waals surface area contributed by atoms with E-state index in [4.69, 9.17) is 4.74 Å². The molecule has 0 atom stereocenters. The summed E-state index contributed by atoms with van der Waals surface area (Å²) < 4.78 is 5.08. The summed E-state index contributed by atoms with van der Waals surface area (Å²) in [6.07, 6.45) is 1.49. The fourth-order valence-corrected chi connectivity index (χ4v) is 2.07. The zero-order valence-corrected chi connectivity index (χ0v) is 13.2. The van der Waals surface area contributed by atoms with Crippen molar-refractivity contribution in [2.45, 2.75) is 13.5 Å². The molecule has 0 aliphatic rings. The van der Waals surface area contributed by atoms with Gasteiger partial charge in [0.15, 0.2) is 5.82 Å². The van der Waals surface area contributed by atoms with Crippen molar-refractivity contribution in [1.29, 1.82) is 5.26 Å². The van der Waals surface area contributed by atoms with Crippen LogP contribution in [0, 0.1) is 28.4 Å². The van der Waals surface area contributed by atoms with Crippen LogP contribution in [-0.4, -0.2) is 23.2 Å². The van der Waals surface area contributed by atoms with Crippen molar-refractivity contribution < 1.29 is 9.66 Å². The number of pyridine rings is 1. The van der Waals surface area contributed by atoms with Crippen molar-refractivity contribution in [2.24, 2.45) is 5.10 Å². The summed E-state index contributed by atoms with van der Waals surface area (Å²) in [7, 11) is 1.55. The lowest BCUT2D eigenvalue weighted by atomic mass is 10.1. The van der Waals surface area contributed by atoms with Gasteiger partial charge in [0.05, 0.1) is 17.7 Å². The highest BCUT2D eigenvalue weighted by Crippen LogP contribution is 2.19. The first kappa shape index (κ1) is 17.1. The van der Waals surface area contributed by atoms with E-state index in [1.54, 1.807) is 25.3 Å². The van der Waals surface area contributed by atoms with Crippen LogP contribution in [0.4, 0.5) is 11.5 Å². The molecule has 1 aromatic carbocycles. The number of non-ortho nitro benzene ring substituents is 1. The van der Waals surface area contributed by atoms with Crippen LogP contribution in [-0.2, 0) is 11.3 Å². The minimum Gasteiger partial charge on any atom is -0.380 e. The Morgan fingerprint density at radius 1 is 1.46 bits per heavy atom. The third kappa shape index (κ3) is 4.12. The number of benzene rings is 1. The van der Waals surface area contributed by atoms with Crippen LogP contribution < -0.4 is 5.43 Å². The molecule has 0 saturated carbocycles. The number of aryl methyl sites for hydroxylation is 1. The molecule has 1 heterocycles. The van der Waals surface area contributed by atoms with Gasteiger partial charge in [0.2, 0.25) is 0 Å². The monoisotopic (exact) mass is 325 g/mol. The lowest BCUT2D eigenvalue weighted by Crippen LogP contribution is -2.03. The third-order valence-electron chi connectivity index (χ3n) is 3.13. The molecule has 0 bridgehead atoms. The van der Waals surface area contributed by atoms with Gasteiger partial charge in [-0.05, 0) is 30.7 Å². The van der Waals surface area contributed by atoms with Gasteiger partial charge in [-0.3, -0.25) is 15.5 Å². The molecule has 0 saturated heterocycles. The molecular weight excluding hydrogens is 310 g/mol. The van der Waals surface area contributed by atoms with Gasteiger partial charge in [-0.2, -0.15) is 10.4 Å². The molecule has 0 radical (unpaired) electrons. The van der Waals surface area contributed by atoms with E-state index in [2.05, 4.69) is 21.6 Å². The van der Waals surface area contributed by atoms with Crippen molar-refractivity contribution in [2.75, 3.05) is 12.5 Å². The molecule has 8 nitrogen and oxygen atoms in total. The molecular formula is C16H15N5O3. The number of hydrogen-bond donors (Lipinski definition) is 1. The zero-order valence-electron chi connectivity index (χ0n) is 13.2. The van der Waals surface area contributed by atoms with Gasteiger partial charge < -0.3 is 4.74 Å². The van der Waals surface area contributed by atoms with Gasteiger partial charge in [-0.1, -0.05) is 0 Å². The molecule has 24 heavy (non-hydrogen) atoms. The van der Waals surface area contributed by atoms with Crippen molar-refractivity contribution in [3.8, 4) is 6.07 Å². The van der Waals surface area contributed by atoms with E-state index < -0.39 is 4.92 Å². The van der Waals surface area contributed by atoms with E-state index in [0.29, 0.717) is 23.6 Å². The van der Waals surface area contributed by atoms with E-state index in [0.717, 1.165) is 11.3 Å². The number of nitro benzene ring substituents is 1. The molecule has 0 fully saturated rings. The lowest BCUT2D eigenvalue weighted by Gasteiger charge is -2.09. The average molecular weight is 325 g/mol. The minimum absolute atomic E-state index is 0.0106. The average Bonchev–Trinajstić information content (AvgIpc) is 2.55. The Bertz CT molecular complexity index is 810. The Morgan fingerprint density at radius 3 is 2.75 bits per heavy atom. The highest BCUT2D eigenvalue weighted by Gasteiger charge is 2.10. The second-order valence-corrected chi connectivity index (χ2v) is 4.91. The lowest BCUT2D eigenvalue weighted by molar-refractivity contribution is -0.384. The molecule has 2 aromatic rings. The third-order valence-corrected chi connectivity index (χ3v) is 3.13. The first-order chi connectivity index (χ1) is 11.5. The second-order valence-electron chi connectivity index (χ2n) is 4.91. The van der Waals surface area contributed by atoms with Crippen molar-refractivity contribution in [1.82, 2.24) is 4.98 Å². The maximum Gasteiger partial charge on any atom is 0.269 e. The van der Waals surface area contributed by atoms with Crippen molar-refractivity contribution >= 4 is 17.7 Å². The summed E-state index contributed by atoms with van der Waals surface area (Å²) in [6.45, 7) is 2.11. The van der Waals surface area contributed by atoms with Crippen LogP contribution in [0.1, 0.15) is 22.4 Å². The van der Waals surface area contributed by atoms with E-state index >= 15 is 0 Å². The summed E-state index contributed by atoms with van der Waals surface area (Å²) >= 11 is 0. The number of nitriles is 1. The molecule has 0 aliphatic carbocycles. The number of hydrazone groups is 1. The summed E-state index contributed by atoms with van der Waals surface area (Å²) in [5.74, 6) is 0.336. The van der Waals surface area contributed by atoms with Crippen molar-refractivity contribution in [3.63, 3.8) is 0 Å². The van der Waals surface area contributed by atoms with Crippen LogP contribution in [0.15, 0.2) is 35.4 Å². The highest BCUT2D eigenvalue weighted by atomic mass is 16.6. The van der Waals surface area contributed by atoms with Gasteiger partial charge in [-0.15, -0.1) is 0 Å². The van der Waals surface area contributed by atoms with Crippen LogP contribution in [0.3, 0.4) is 0 Å². The molecule has 1 aromatic heterocycles. The Hall–Kier alpha value is -3.31. The predicted molar refractivity (Wildman–Crippen MR) is 88.7 cm³/mol. The number of nitrogens with one attached hydrogen (secondary N) is 1. The Labute approximate surface area is 138 Å². The summed E-state index contributed by atoms with van der Waals surface area (Å²) in [5, 5.41) is 24.0. The van der Waals surface area contributed by atoms with Crippen LogP contribution in [0.5, 0.6) is 0 Å². The van der Waals surface area contributed by atoms with Gasteiger partial charge in [0, 0.05) is 30.5 Å². The number of rotatable bonds is 6. The van der Waals surface area contributed by atoms with Crippen LogP contribution in [0.2, 0.25) is 0 Å². The molecule has 0 amide bonds. The molecule has 0 aliphatic heterocycles. The molecule has 0 unspecified atom stereocenters. The Kier molecular flexibility index (Phi) is 5.54. The number of nitrogens with zero attached hydrogens (tertiary/aromatic N) is 4. The maximum atomic E-state index is 10.6. The normalized spacial score (nSPS) is 10.5.